The number of esters is 5. The van der Waals surface area contributed by atoms with E-state index in [-0.39, 0.29) is 65.7 Å². The monoisotopic (exact) mass is 1050 g/mol. The highest BCUT2D eigenvalue weighted by molar-refractivity contribution is 6.05. The van der Waals surface area contributed by atoms with Crippen LogP contribution in [0.15, 0.2) is 103 Å². The number of ether oxygens (including phenoxy) is 6. The highest BCUT2D eigenvalue weighted by Gasteiger charge is 2.23. The Morgan fingerprint density at radius 1 is 0.368 bits per heavy atom. The molecule has 0 heterocycles. The van der Waals surface area contributed by atoms with Crippen molar-refractivity contribution in [3.63, 3.8) is 0 Å². The smallest absolute Gasteiger partial charge is 0.339 e. The van der Waals surface area contributed by atoms with Crippen molar-refractivity contribution in [2.24, 2.45) is 17.8 Å². The van der Waals surface area contributed by atoms with Crippen molar-refractivity contribution in [3.05, 3.63) is 142 Å². The fourth-order valence-electron chi connectivity index (χ4n) is 7.16. The largest absolute Gasteiger partial charge is 0.478 e. The molecule has 4 aromatic carbocycles. The summed E-state index contributed by atoms with van der Waals surface area (Å²) in [6, 6.07) is 27.4. The standard InChI is InChI=1S/C33H54O6.C20H22O5.C8H6O4/c1-25(2)16-10-7-13-21-37-31(34)28-19-20-29(32(35)38-22-14-8-11-17-26(3)4)30(24-28)33(36)39-23-15-9-12-18-27(5)6;1-15(13-24-19(21)17-9-5-3-6-10-17)23-14-16(2)25-20(22)18-11-7-4-8-12-18;9-7(10)5-3-1-2-4-6(5)8(11)12/h19-20,24-27H,7-18,21-23H2,1-6H3;3-12,15-16H,13-14H2,1-2H3;1-4H,(H,9,10)(H,11,12). The Morgan fingerprint density at radius 2 is 0.763 bits per heavy atom. The van der Waals surface area contributed by atoms with Crippen LogP contribution < -0.4 is 0 Å². The van der Waals surface area contributed by atoms with Gasteiger partial charge in [-0.2, -0.15) is 0 Å². The van der Waals surface area contributed by atoms with Crippen LogP contribution in [0.5, 0.6) is 0 Å². The Balaban J connectivity index is 0.000000450. The Hall–Kier alpha value is -6.87. The number of benzene rings is 4. The van der Waals surface area contributed by atoms with Gasteiger partial charge in [-0.05, 0) is 105 Å². The summed E-state index contributed by atoms with van der Waals surface area (Å²) < 4.78 is 32.5. The molecule has 0 radical (unpaired) electrons. The number of aromatic carboxylic acids is 2. The first-order valence-corrected chi connectivity index (χ1v) is 26.6. The van der Waals surface area contributed by atoms with Gasteiger partial charge in [-0.25, -0.2) is 33.6 Å². The molecular formula is C61H82O15. The van der Waals surface area contributed by atoms with Crippen LogP contribution in [0.2, 0.25) is 0 Å². The first-order valence-electron chi connectivity index (χ1n) is 26.6. The normalized spacial score (nSPS) is 11.5. The van der Waals surface area contributed by atoms with Crippen LogP contribution in [0.3, 0.4) is 0 Å². The van der Waals surface area contributed by atoms with E-state index in [4.69, 9.17) is 38.6 Å². The van der Waals surface area contributed by atoms with Gasteiger partial charge in [0.15, 0.2) is 0 Å². The molecule has 0 fully saturated rings. The summed E-state index contributed by atoms with van der Waals surface area (Å²) in [6.45, 7) is 18.0. The minimum atomic E-state index is -1.23. The van der Waals surface area contributed by atoms with Crippen LogP contribution in [0, 0.1) is 17.8 Å². The second-order valence-corrected chi connectivity index (χ2v) is 19.7. The molecule has 0 saturated heterocycles. The third-order valence-electron chi connectivity index (χ3n) is 11.5. The second-order valence-electron chi connectivity index (χ2n) is 19.7. The molecule has 2 atom stereocenters. The first kappa shape index (κ1) is 65.2. The predicted molar refractivity (Wildman–Crippen MR) is 291 cm³/mol. The molecule has 0 aliphatic heterocycles. The number of rotatable bonds is 31. The first-order chi connectivity index (χ1) is 36.3. The van der Waals surface area contributed by atoms with E-state index in [0.717, 1.165) is 77.0 Å². The zero-order valence-electron chi connectivity index (χ0n) is 45.9. The quantitative estimate of drug-likeness (QED) is 0.0272. The van der Waals surface area contributed by atoms with Gasteiger partial charge in [-0.1, -0.05) is 148 Å². The number of carbonyl (C=O) groups excluding carboxylic acids is 5. The number of carbonyl (C=O) groups is 7. The van der Waals surface area contributed by atoms with Gasteiger partial charge in [0.05, 0.1) is 71.5 Å². The summed E-state index contributed by atoms with van der Waals surface area (Å²) in [4.78, 5) is 83.2. The van der Waals surface area contributed by atoms with Crippen molar-refractivity contribution in [1.29, 1.82) is 0 Å². The molecule has 0 bridgehead atoms. The molecule has 15 heteroatoms. The van der Waals surface area contributed by atoms with Gasteiger partial charge in [0, 0.05) is 0 Å². The molecular weight excluding hydrogens is 973 g/mol. The van der Waals surface area contributed by atoms with E-state index in [1.165, 1.54) is 42.5 Å². The van der Waals surface area contributed by atoms with Gasteiger partial charge in [-0.15, -0.1) is 0 Å². The molecule has 0 spiro atoms. The molecule has 4 aromatic rings. The molecule has 15 nitrogen and oxygen atoms in total. The van der Waals surface area contributed by atoms with Crippen LogP contribution in [0.4, 0.5) is 0 Å². The lowest BCUT2D eigenvalue weighted by atomic mass is 10.0. The van der Waals surface area contributed by atoms with Gasteiger partial charge in [0.25, 0.3) is 0 Å². The van der Waals surface area contributed by atoms with E-state index < -0.39 is 36.0 Å². The van der Waals surface area contributed by atoms with Crippen molar-refractivity contribution < 1.29 is 72.2 Å². The van der Waals surface area contributed by atoms with E-state index in [2.05, 4.69) is 41.5 Å². The Morgan fingerprint density at radius 3 is 1.20 bits per heavy atom. The summed E-state index contributed by atoms with van der Waals surface area (Å²) in [5.41, 5.74) is 1.01. The molecule has 2 N–H and O–H groups in total. The third-order valence-corrected chi connectivity index (χ3v) is 11.5. The predicted octanol–water partition coefficient (Wildman–Crippen LogP) is 13.4. The molecule has 0 aromatic heterocycles. The van der Waals surface area contributed by atoms with Crippen molar-refractivity contribution >= 4 is 41.8 Å². The SMILES string of the molecule is CC(C)CCCCCOC(=O)c1ccc(C(=O)OCCCCCC(C)C)c(C(=O)OCCCCCC(C)C)c1.CC(COC(=O)c1ccccc1)OCC(C)OC(=O)c1ccccc1.O=C(O)c1ccccc1C(=O)O. The maximum absolute atomic E-state index is 13.0. The molecule has 0 aliphatic rings. The Labute approximate surface area is 450 Å². The maximum Gasteiger partial charge on any atom is 0.339 e. The van der Waals surface area contributed by atoms with Crippen LogP contribution in [0.25, 0.3) is 0 Å². The van der Waals surface area contributed by atoms with Crippen LogP contribution >= 0.6 is 0 Å². The fourth-order valence-corrected chi connectivity index (χ4v) is 7.16. The molecule has 76 heavy (non-hydrogen) atoms. The van der Waals surface area contributed by atoms with E-state index in [1.807, 2.05) is 12.1 Å². The number of carboxylic acid groups (broad SMARTS) is 2. The summed E-state index contributed by atoms with van der Waals surface area (Å²) in [6.07, 6.45) is 11.3. The number of hydrogen-bond acceptors (Lipinski definition) is 13. The van der Waals surface area contributed by atoms with Gasteiger partial charge in [0.1, 0.15) is 12.7 Å². The zero-order valence-corrected chi connectivity index (χ0v) is 45.9. The van der Waals surface area contributed by atoms with Crippen LogP contribution in [0.1, 0.15) is 205 Å². The number of hydrogen-bond donors (Lipinski definition) is 2. The molecule has 2 unspecified atom stereocenters. The molecule has 4 rings (SSSR count). The van der Waals surface area contributed by atoms with Crippen molar-refractivity contribution in [3.8, 4) is 0 Å². The summed E-state index contributed by atoms with van der Waals surface area (Å²) in [5.74, 6) is -2.96. The van der Waals surface area contributed by atoms with Crippen LogP contribution in [-0.2, 0) is 28.4 Å². The summed E-state index contributed by atoms with van der Waals surface area (Å²) in [5, 5.41) is 17.1. The van der Waals surface area contributed by atoms with Gasteiger partial charge in [0.2, 0.25) is 0 Å². The minimum Gasteiger partial charge on any atom is -0.478 e. The van der Waals surface area contributed by atoms with E-state index in [9.17, 15) is 33.6 Å². The van der Waals surface area contributed by atoms with Crippen molar-refractivity contribution in [2.45, 2.75) is 145 Å². The van der Waals surface area contributed by atoms with Gasteiger partial charge in [-0.3, -0.25) is 0 Å². The highest BCUT2D eigenvalue weighted by atomic mass is 16.6. The van der Waals surface area contributed by atoms with Crippen LogP contribution in [-0.4, -0.2) is 97.2 Å². The summed E-state index contributed by atoms with van der Waals surface area (Å²) >= 11 is 0. The van der Waals surface area contributed by atoms with E-state index in [1.54, 1.807) is 62.4 Å². The second kappa shape index (κ2) is 37.8. The zero-order chi connectivity index (χ0) is 56.3. The lowest BCUT2D eigenvalue weighted by Gasteiger charge is -2.17. The number of carboxylic acids is 2. The minimum absolute atomic E-state index is 0.0494. The average molecular weight is 1060 g/mol. The Bertz CT molecular complexity index is 2310. The van der Waals surface area contributed by atoms with Gasteiger partial charge >= 0.3 is 41.8 Å². The van der Waals surface area contributed by atoms with Crippen molar-refractivity contribution in [2.75, 3.05) is 33.0 Å². The highest BCUT2D eigenvalue weighted by Crippen LogP contribution is 2.19. The molecule has 416 valence electrons. The molecule has 0 aliphatic carbocycles. The fraction of sp³-hybridized carbons (Fsp3) is 0.492. The van der Waals surface area contributed by atoms with Gasteiger partial charge < -0.3 is 38.6 Å². The average Bonchev–Trinajstić information content (AvgIpc) is 3.40. The third kappa shape index (κ3) is 28.1. The lowest BCUT2D eigenvalue weighted by molar-refractivity contribution is -0.0380. The van der Waals surface area contributed by atoms with E-state index >= 15 is 0 Å². The Kier molecular flexibility index (Phi) is 32.4. The molecule has 0 amide bonds. The topological polar surface area (TPSA) is 215 Å². The molecule has 0 saturated carbocycles. The van der Waals surface area contributed by atoms with E-state index in [0.29, 0.717) is 42.1 Å². The number of unbranched alkanes of at least 4 members (excludes halogenated alkanes) is 6. The lowest BCUT2D eigenvalue weighted by Crippen LogP contribution is -2.26. The van der Waals surface area contributed by atoms with Crippen molar-refractivity contribution in [1.82, 2.24) is 0 Å². The summed E-state index contributed by atoms with van der Waals surface area (Å²) in [7, 11) is 0. The maximum atomic E-state index is 13.0.